The van der Waals surface area contributed by atoms with Gasteiger partial charge in [0.25, 0.3) is 0 Å². The summed E-state index contributed by atoms with van der Waals surface area (Å²) in [5, 5.41) is 0. The molecule has 0 fully saturated rings. The number of fused-ring (bicyclic) bond motifs is 3. The molecule has 0 radical (unpaired) electrons. The monoisotopic (exact) mass is 483 g/mol. The Labute approximate surface area is 224 Å². The van der Waals surface area contributed by atoms with Gasteiger partial charge in [0.1, 0.15) is 0 Å². The minimum atomic E-state index is 0.0634. The fraction of sp³-hybridized carbons (Fsp3) is 0. The molecular formula is C36H26BN. The molecule has 1 nitrogen and oxygen atoms in total. The van der Waals surface area contributed by atoms with Crippen LogP contribution in [0, 0.1) is 0 Å². The lowest BCUT2D eigenvalue weighted by atomic mass is 9.45. The minimum Gasteiger partial charge on any atom is -0.376 e. The van der Waals surface area contributed by atoms with Crippen LogP contribution in [0.4, 0.5) is 11.4 Å². The van der Waals surface area contributed by atoms with Crippen LogP contribution in [0.1, 0.15) is 0 Å². The Morgan fingerprint density at radius 3 is 1.50 bits per heavy atom. The number of benzene rings is 6. The van der Waals surface area contributed by atoms with Crippen molar-refractivity contribution in [2.24, 2.45) is 0 Å². The van der Waals surface area contributed by atoms with Crippen molar-refractivity contribution in [2.75, 3.05) is 4.81 Å². The highest BCUT2D eigenvalue weighted by molar-refractivity contribution is 6.90. The Bertz CT molecular complexity index is 1570. The lowest BCUT2D eigenvalue weighted by Gasteiger charge is -2.39. The van der Waals surface area contributed by atoms with E-state index in [1.165, 1.54) is 55.7 Å². The highest BCUT2D eigenvalue weighted by atomic mass is 15.1. The molecule has 1 aliphatic heterocycles. The van der Waals surface area contributed by atoms with Crippen molar-refractivity contribution in [2.45, 2.75) is 0 Å². The maximum atomic E-state index is 2.50. The van der Waals surface area contributed by atoms with Gasteiger partial charge >= 0.3 is 6.85 Å². The van der Waals surface area contributed by atoms with Crippen molar-refractivity contribution in [3.8, 4) is 33.4 Å². The van der Waals surface area contributed by atoms with E-state index in [2.05, 4.69) is 163 Å². The molecule has 0 amide bonds. The molecule has 0 aliphatic carbocycles. The molecule has 7 rings (SSSR count). The topological polar surface area (TPSA) is 3.24 Å². The van der Waals surface area contributed by atoms with Gasteiger partial charge in [-0.3, -0.25) is 0 Å². The van der Waals surface area contributed by atoms with Crippen LogP contribution in [0.5, 0.6) is 0 Å². The van der Waals surface area contributed by atoms with Gasteiger partial charge in [-0.25, -0.2) is 0 Å². The number of para-hydroxylation sites is 1. The molecule has 0 aromatic heterocycles. The Balaban J connectivity index is 1.52. The first-order valence-electron chi connectivity index (χ1n) is 13.2. The van der Waals surface area contributed by atoms with Gasteiger partial charge in [0.15, 0.2) is 0 Å². The van der Waals surface area contributed by atoms with Crippen molar-refractivity contribution in [1.82, 2.24) is 0 Å². The predicted octanol–water partition coefficient (Wildman–Crippen LogP) is 7.95. The van der Waals surface area contributed by atoms with Crippen LogP contribution in [-0.4, -0.2) is 6.85 Å². The second-order valence-corrected chi connectivity index (χ2v) is 9.78. The van der Waals surface area contributed by atoms with Gasteiger partial charge in [-0.05, 0) is 63.6 Å². The molecule has 0 N–H and O–H groups in total. The standard InChI is InChI=1S/C36H26BN/c1-5-13-27(14-6-1)29-21-23-35-33(25-29)34-26-30(28-15-7-2-8-16-28)22-24-36(34)38(32-19-11-4-12-20-32)37(35)31-17-9-3-10-18-31/h1-26H. The van der Waals surface area contributed by atoms with Crippen LogP contribution in [0.2, 0.25) is 0 Å². The molecule has 2 heteroatoms. The van der Waals surface area contributed by atoms with Crippen LogP contribution in [-0.2, 0) is 0 Å². The Morgan fingerprint density at radius 1 is 0.395 bits per heavy atom. The normalized spacial score (nSPS) is 12.1. The van der Waals surface area contributed by atoms with Crippen molar-refractivity contribution in [3.63, 3.8) is 0 Å². The average Bonchev–Trinajstić information content (AvgIpc) is 3.01. The van der Waals surface area contributed by atoms with Gasteiger partial charge in [0.05, 0.1) is 0 Å². The van der Waals surface area contributed by atoms with E-state index in [1.807, 2.05) is 0 Å². The third-order valence-electron chi connectivity index (χ3n) is 7.52. The highest BCUT2D eigenvalue weighted by Gasteiger charge is 2.37. The molecule has 0 saturated carbocycles. The molecule has 6 aromatic rings. The molecule has 6 aromatic carbocycles. The fourth-order valence-corrected chi connectivity index (χ4v) is 5.73. The van der Waals surface area contributed by atoms with Gasteiger partial charge < -0.3 is 4.81 Å². The zero-order chi connectivity index (χ0) is 25.3. The number of rotatable bonds is 4. The molecule has 1 heterocycles. The molecule has 0 unspecified atom stereocenters. The third kappa shape index (κ3) is 3.92. The van der Waals surface area contributed by atoms with Gasteiger partial charge in [-0.2, -0.15) is 0 Å². The minimum absolute atomic E-state index is 0.0634. The van der Waals surface area contributed by atoms with Crippen molar-refractivity contribution >= 4 is 29.1 Å². The summed E-state index contributed by atoms with van der Waals surface area (Å²) in [4.78, 5) is 2.50. The van der Waals surface area contributed by atoms with Gasteiger partial charge in [0.2, 0.25) is 0 Å². The van der Waals surface area contributed by atoms with E-state index in [9.17, 15) is 0 Å². The summed E-state index contributed by atoms with van der Waals surface area (Å²) in [5.41, 5.74) is 12.5. The summed E-state index contributed by atoms with van der Waals surface area (Å²) >= 11 is 0. The molecule has 38 heavy (non-hydrogen) atoms. The van der Waals surface area contributed by atoms with Crippen LogP contribution >= 0.6 is 0 Å². The summed E-state index contributed by atoms with van der Waals surface area (Å²) in [6.45, 7) is 0.0634. The predicted molar refractivity (Wildman–Crippen MR) is 163 cm³/mol. The van der Waals surface area contributed by atoms with Crippen LogP contribution in [0.15, 0.2) is 158 Å². The zero-order valence-electron chi connectivity index (χ0n) is 21.0. The Kier molecular flexibility index (Phi) is 5.64. The summed E-state index contributed by atoms with van der Waals surface area (Å²) in [7, 11) is 0. The van der Waals surface area contributed by atoms with E-state index in [-0.39, 0.29) is 6.85 Å². The quantitative estimate of drug-likeness (QED) is 0.230. The second kappa shape index (κ2) is 9.57. The smallest absolute Gasteiger partial charge is 0.328 e. The van der Waals surface area contributed by atoms with Gasteiger partial charge in [-0.1, -0.05) is 133 Å². The molecule has 0 saturated heterocycles. The zero-order valence-corrected chi connectivity index (χ0v) is 21.0. The molecular weight excluding hydrogens is 457 g/mol. The molecule has 178 valence electrons. The van der Waals surface area contributed by atoms with E-state index < -0.39 is 0 Å². The first-order chi connectivity index (χ1) is 18.9. The Morgan fingerprint density at radius 2 is 0.895 bits per heavy atom. The van der Waals surface area contributed by atoms with E-state index in [0.29, 0.717) is 0 Å². The maximum Gasteiger partial charge on any atom is 0.328 e. The first kappa shape index (κ1) is 22.4. The second-order valence-electron chi connectivity index (χ2n) is 9.78. The lowest BCUT2D eigenvalue weighted by Crippen LogP contribution is -2.57. The summed E-state index contributed by atoms with van der Waals surface area (Å²) in [6.07, 6.45) is 0. The third-order valence-corrected chi connectivity index (χ3v) is 7.52. The van der Waals surface area contributed by atoms with E-state index >= 15 is 0 Å². The number of hydrogen-bond donors (Lipinski definition) is 0. The largest absolute Gasteiger partial charge is 0.376 e. The number of hydrogen-bond acceptors (Lipinski definition) is 1. The summed E-state index contributed by atoms with van der Waals surface area (Å²) in [5.74, 6) is 0. The molecule has 1 aliphatic rings. The van der Waals surface area contributed by atoms with Crippen LogP contribution in [0.25, 0.3) is 33.4 Å². The molecule has 0 atom stereocenters. The highest BCUT2D eigenvalue weighted by Crippen LogP contribution is 2.42. The maximum absolute atomic E-state index is 2.50. The first-order valence-corrected chi connectivity index (χ1v) is 13.2. The summed E-state index contributed by atoms with van der Waals surface area (Å²) in [6, 6.07) is 56.9. The fourth-order valence-electron chi connectivity index (χ4n) is 5.73. The molecule has 0 spiro atoms. The number of nitrogens with zero attached hydrogens (tertiary/aromatic N) is 1. The van der Waals surface area contributed by atoms with Gasteiger partial charge in [0, 0.05) is 16.9 Å². The lowest BCUT2D eigenvalue weighted by molar-refractivity contribution is 1.36. The van der Waals surface area contributed by atoms with E-state index in [4.69, 9.17) is 0 Å². The molecule has 0 bridgehead atoms. The van der Waals surface area contributed by atoms with E-state index in [0.717, 1.165) is 0 Å². The SMILES string of the molecule is c1ccc(B2c3ccc(-c4ccccc4)cc3-c3cc(-c4ccccc4)ccc3N2c2ccccc2)cc1. The van der Waals surface area contributed by atoms with E-state index in [1.54, 1.807) is 0 Å². The number of anilines is 2. The van der Waals surface area contributed by atoms with Crippen molar-refractivity contribution in [1.29, 1.82) is 0 Å². The Hall–Kier alpha value is -4.82. The van der Waals surface area contributed by atoms with Crippen LogP contribution < -0.4 is 15.7 Å². The van der Waals surface area contributed by atoms with Crippen LogP contribution in [0.3, 0.4) is 0 Å². The van der Waals surface area contributed by atoms with Crippen molar-refractivity contribution in [3.05, 3.63) is 158 Å². The van der Waals surface area contributed by atoms with Gasteiger partial charge in [-0.15, -0.1) is 0 Å². The summed E-state index contributed by atoms with van der Waals surface area (Å²) < 4.78 is 0. The average molecular weight is 483 g/mol. The van der Waals surface area contributed by atoms with Crippen molar-refractivity contribution < 1.29 is 0 Å².